The summed E-state index contributed by atoms with van der Waals surface area (Å²) < 4.78 is 69.8. The van der Waals surface area contributed by atoms with Crippen molar-refractivity contribution < 1.29 is 27.0 Å². The second kappa shape index (κ2) is 10.7. The van der Waals surface area contributed by atoms with Gasteiger partial charge in [-0.05, 0) is 94.0 Å². The quantitative estimate of drug-likeness (QED) is 0.202. The summed E-state index contributed by atoms with van der Waals surface area (Å²) in [6, 6.07) is 0. The van der Waals surface area contributed by atoms with Gasteiger partial charge in [0.05, 0.1) is 13.2 Å². The smallest absolute Gasteiger partial charge is 0.196 e. The number of rotatable bonds is 7. The molecule has 0 aromatic carbocycles. The van der Waals surface area contributed by atoms with E-state index in [2.05, 4.69) is 6.58 Å². The highest BCUT2D eigenvalue weighted by molar-refractivity contribution is 5.38. The number of hydrogen-bond acceptors (Lipinski definition) is 2. The highest BCUT2D eigenvalue weighted by Crippen LogP contribution is 2.46. The monoisotopic (exact) mass is 492 g/mol. The first-order valence-electron chi connectivity index (χ1n) is 13.3. The van der Waals surface area contributed by atoms with Gasteiger partial charge in [-0.2, -0.15) is 0 Å². The lowest BCUT2D eigenvalue weighted by Gasteiger charge is -2.35. The van der Waals surface area contributed by atoms with Crippen LogP contribution in [0.15, 0.2) is 59.4 Å². The zero-order valence-corrected chi connectivity index (χ0v) is 20.3. The average Bonchev–Trinajstić information content (AvgIpc) is 3.72. The minimum Gasteiger partial charge on any atom is -0.490 e. The molecule has 0 spiro atoms. The zero-order chi connectivity index (χ0) is 24.5. The van der Waals surface area contributed by atoms with Crippen LogP contribution < -0.4 is 0 Å². The van der Waals surface area contributed by atoms with Crippen LogP contribution in [0, 0.1) is 35.5 Å². The van der Waals surface area contributed by atoms with Gasteiger partial charge in [-0.25, -0.2) is 17.6 Å². The molecule has 2 saturated carbocycles. The van der Waals surface area contributed by atoms with Gasteiger partial charge in [0.1, 0.15) is 17.8 Å². The van der Waals surface area contributed by atoms with Gasteiger partial charge >= 0.3 is 0 Å². The van der Waals surface area contributed by atoms with Crippen LogP contribution >= 0.6 is 0 Å². The van der Waals surface area contributed by atoms with Crippen molar-refractivity contribution in [1.82, 2.24) is 0 Å². The lowest BCUT2D eigenvalue weighted by Crippen LogP contribution is -2.26. The fraction of sp³-hybridized carbons (Fsp3) is 0.655. The number of hydrogen-bond donors (Lipinski definition) is 0. The molecular formula is C29H36F4O2. The number of epoxide rings is 1. The molecule has 3 atom stereocenters. The van der Waals surface area contributed by atoms with E-state index in [9.17, 15) is 17.6 Å². The molecule has 5 rings (SSSR count). The largest absolute Gasteiger partial charge is 0.490 e. The molecule has 0 bridgehead atoms. The molecule has 35 heavy (non-hydrogen) atoms. The van der Waals surface area contributed by atoms with E-state index in [0.29, 0.717) is 37.5 Å². The van der Waals surface area contributed by atoms with Gasteiger partial charge in [-0.1, -0.05) is 12.2 Å². The van der Waals surface area contributed by atoms with Gasteiger partial charge < -0.3 is 9.47 Å². The van der Waals surface area contributed by atoms with E-state index in [1.807, 2.05) is 6.08 Å². The maximum absolute atomic E-state index is 14.9. The molecule has 1 aliphatic heterocycles. The Kier molecular flexibility index (Phi) is 7.57. The van der Waals surface area contributed by atoms with Crippen LogP contribution in [0.2, 0.25) is 0 Å². The molecule has 1 heterocycles. The van der Waals surface area contributed by atoms with Crippen molar-refractivity contribution in [3.63, 3.8) is 0 Å². The lowest BCUT2D eigenvalue weighted by atomic mass is 9.73. The fourth-order valence-corrected chi connectivity index (χ4v) is 6.62. The lowest BCUT2D eigenvalue weighted by molar-refractivity contribution is 0.109. The van der Waals surface area contributed by atoms with Crippen LogP contribution in [0.4, 0.5) is 17.6 Å². The van der Waals surface area contributed by atoms with Gasteiger partial charge in [0.25, 0.3) is 0 Å². The summed E-state index contributed by atoms with van der Waals surface area (Å²) in [7, 11) is 0. The summed E-state index contributed by atoms with van der Waals surface area (Å²) in [5.74, 6) is -2.64. The van der Waals surface area contributed by atoms with Gasteiger partial charge in [0, 0.05) is 17.4 Å². The van der Waals surface area contributed by atoms with E-state index in [4.69, 9.17) is 9.47 Å². The van der Waals surface area contributed by atoms with Gasteiger partial charge in [-0.15, -0.1) is 6.58 Å². The first kappa shape index (κ1) is 24.9. The van der Waals surface area contributed by atoms with E-state index >= 15 is 0 Å². The van der Waals surface area contributed by atoms with Crippen molar-refractivity contribution in [2.24, 2.45) is 35.5 Å². The Balaban J connectivity index is 1.09. The highest BCUT2D eigenvalue weighted by atomic mass is 19.2. The second-order valence-corrected chi connectivity index (χ2v) is 11.1. The van der Waals surface area contributed by atoms with Gasteiger partial charge in [-0.3, -0.25) is 0 Å². The maximum Gasteiger partial charge on any atom is 0.196 e. The molecule has 2 nitrogen and oxygen atoms in total. The molecule has 0 aromatic rings. The van der Waals surface area contributed by atoms with E-state index in [1.54, 1.807) is 12.2 Å². The summed E-state index contributed by atoms with van der Waals surface area (Å²) in [6.45, 7) is 4.65. The Labute approximate surface area is 205 Å². The molecule has 5 aliphatic rings. The summed E-state index contributed by atoms with van der Waals surface area (Å²) >= 11 is 0. The maximum atomic E-state index is 14.9. The number of ether oxygens (including phenoxy) is 2. The normalized spacial score (nSPS) is 38.1. The molecule has 3 unspecified atom stereocenters. The fourth-order valence-electron chi connectivity index (χ4n) is 6.62. The average molecular weight is 493 g/mol. The molecular weight excluding hydrogens is 456 g/mol. The van der Waals surface area contributed by atoms with E-state index in [0.717, 1.165) is 51.4 Å². The van der Waals surface area contributed by atoms with Crippen LogP contribution in [0.25, 0.3) is 0 Å². The van der Waals surface area contributed by atoms with E-state index < -0.39 is 29.2 Å². The topological polar surface area (TPSA) is 21.8 Å². The van der Waals surface area contributed by atoms with Crippen LogP contribution in [0.5, 0.6) is 0 Å². The van der Waals surface area contributed by atoms with Crippen molar-refractivity contribution in [3.8, 4) is 0 Å². The SMILES string of the molecule is C=CC1CCC(C2CC=C(OCC3CCC(C4CC=C(C5CO5)C(F)=C4F)CC3)C(F)=C2F)CC1. The highest BCUT2D eigenvalue weighted by Gasteiger charge is 2.39. The molecule has 0 aromatic heterocycles. The van der Waals surface area contributed by atoms with Crippen molar-refractivity contribution in [2.45, 2.75) is 70.3 Å². The summed E-state index contributed by atoms with van der Waals surface area (Å²) in [4.78, 5) is 0. The molecule has 0 radical (unpaired) electrons. The summed E-state index contributed by atoms with van der Waals surface area (Å²) in [6.07, 6.45) is 13.2. The second-order valence-electron chi connectivity index (χ2n) is 11.1. The van der Waals surface area contributed by atoms with Crippen LogP contribution in [0.1, 0.15) is 64.2 Å². The first-order chi connectivity index (χ1) is 17.0. The van der Waals surface area contributed by atoms with Crippen LogP contribution in [0.3, 0.4) is 0 Å². The Hall–Kier alpha value is -1.82. The molecule has 3 fully saturated rings. The third kappa shape index (κ3) is 5.33. The molecule has 6 heteroatoms. The zero-order valence-electron chi connectivity index (χ0n) is 20.3. The molecule has 0 amide bonds. The third-order valence-electron chi connectivity index (χ3n) is 9.02. The summed E-state index contributed by atoms with van der Waals surface area (Å²) in [5.41, 5.74) is 0.371. The van der Waals surface area contributed by atoms with Crippen molar-refractivity contribution in [2.75, 3.05) is 13.2 Å². The number of halogens is 4. The minimum atomic E-state index is -0.840. The van der Waals surface area contributed by atoms with Crippen molar-refractivity contribution >= 4 is 0 Å². The van der Waals surface area contributed by atoms with Gasteiger partial charge in [0.15, 0.2) is 17.4 Å². The Morgan fingerprint density at radius 1 is 0.829 bits per heavy atom. The molecule has 192 valence electrons. The predicted molar refractivity (Wildman–Crippen MR) is 128 cm³/mol. The molecule has 4 aliphatic carbocycles. The summed E-state index contributed by atoms with van der Waals surface area (Å²) in [5, 5.41) is 0. The third-order valence-corrected chi connectivity index (χ3v) is 9.02. The Morgan fingerprint density at radius 2 is 1.40 bits per heavy atom. The molecule has 1 saturated heterocycles. The standard InChI is InChI=1S/C29H36F4O2/c1-2-17-3-7-19(8-4-17)22-13-14-24(29(33)27(22)31)34-15-18-5-9-20(10-6-18)21-11-12-23(25-16-35-25)28(32)26(21)30/h2,12,14,17-22,25H,1,3-11,13,15-16H2. The first-order valence-corrected chi connectivity index (χ1v) is 13.3. The van der Waals surface area contributed by atoms with Crippen molar-refractivity contribution in [1.29, 1.82) is 0 Å². The van der Waals surface area contributed by atoms with Crippen LogP contribution in [-0.4, -0.2) is 19.3 Å². The van der Waals surface area contributed by atoms with Gasteiger partial charge in [0.2, 0.25) is 0 Å². The Bertz CT molecular complexity index is 928. The van der Waals surface area contributed by atoms with Crippen molar-refractivity contribution in [3.05, 3.63) is 59.4 Å². The van der Waals surface area contributed by atoms with E-state index in [1.165, 1.54) is 0 Å². The number of allylic oxidation sites excluding steroid dienone is 6. The Morgan fingerprint density at radius 3 is 2.00 bits per heavy atom. The predicted octanol–water partition coefficient (Wildman–Crippen LogP) is 8.35. The van der Waals surface area contributed by atoms with Crippen LogP contribution in [-0.2, 0) is 9.47 Å². The van der Waals surface area contributed by atoms with E-state index in [-0.39, 0.29) is 35.5 Å². The molecule has 0 N–H and O–H groups in total. The minimum absolute atomic E-state index is 0.0314.